The second-order valence-corrected chi connectivity index (χ2v) is 4.53. The minimum absolute atomic E-state index is 0.410. The van der Waals surface area contributed by atoms with Gasteiger partial charge in [-0.15, -0.1) is 0 Å². The van der Waals surface area contributed by atoms with Crippen molar-refractivity contribution in [2.45, 2.75) is 46.0 Å². The number of benzene rings is 1. The number of aryl methyl sites for hydroxylation is 1. The molecule has 0 saturated carbocycles. The lowest BCUT2D eigenvalue weighted by Crippen LogP contribution is -2.25. The van der Waals surface area contributed by atoms with Crippen molar-refractivity contribution in [3.05, 3.63) is 35.4 Å². The molecule has 0 aliphatic carbocycles. The van der Waals surface area contributed by atoms with Gasteiger partial charge in [-0.2, -0.15) is 5.48 Å². The van der Waals surface area contributed by atoms with Crippen LogP contribution in [-0.4, -0.2) is 11.9 Å². The van der Waals surface area contributed by atoms with Crippen LogP contribution in [0.4, 0.5) is 0 Å². The Labute approximate surface area is 114 Å². The molecule has 1 aromatic carbocycles. The van der Waals surface area contributed by atoms with Crippen molar-refractivity contribution in [2.24, 2.45) is 0 Å². The molecular weight excluding hydrogens is 242 g/mol. The molecule has 0 atom stereocenters. The van der Waals surface area contributed by atoms with E-state index < -0.39 is 11.9 Å². The van der Waals surface area contributed by atoms with Gasteiger partial charge in [-0.1, -0.05) is 38.3 Å². The largest absolute Gasteiger partial charge is 0.341 e. The fraction of sp³-hybridized carbons (Fsp3) is 0.467. The highest BCUT2D eigenvalue weighted by Gasteiger charge is 2.06. The zero-order chi connectivity index (χ0) is 14.1. The van der Waals surface area contributed by atoms with Gasteiger partial charge in [0.25, 0.3) is 5.91 Å². The second-order valence-electron chi connectivity index (χ2n) is 4.53. The van der Waals surface area contributed by atoms with Crippen LogP contribution in [0.3, 0.4) is 0 Å². The Morgan fingerprint density at radius 1 is 1.11 bits per heavy atom. The van der Waals surface area contributed by atoms with Crippen LogP contribution in [0.25, 0.3) is 0 Å². The van der Waals surface area contributed by atoms with Gasteiger partial charge in [0.1, 0.15) is 0 Å². The molecule has 0 radical (unpaired) electrons. The summed E-state index contributed by atoms with van der Waals surface area (Å²) in [7, 11) is 0. The summed E-state index contributed by atoms with van der Waals surface area (Å²) < 4.78 is 0. The van der Waals surface area contributed by atoms with Gasteiger partial charge in [0, 0.05) is 12.5 Å². The normalized spacial score (nSPS) is 10.0. The Morgan fingerprint density at radius 2 is 1.79 bits per heavy atom. The molecule has 4 nitrogen and oxygen atoms in total. The van der Waals surface area contributed by atoms with E-state index in [4.69, 9.17) is 0 Å². The van der Waals surface area contributed by atoms with Crippen LogP contribution in [0.5, 0.6) is 0 Å². The highest BCUT2D eigenvalue weighted by atomic mass is 16.7. The molecule has 0 fully saturated rings. The van der Waals surface area contributed by atoms with Crippen molar-refractivity contribution in [3.63, 3.8) is 0 Å². The molecule has 19 heavy (non-hydrogen) atoms. The summed E-state index contributed by atoms with van der Waals surface area (Å²) in [6.45, 7) is 3.43. The first-order chi connectivity index (χ1) is 9.13. The number of hydroxylamine groups is 1. The second kappa shape index (κ2) is 8.29. The van der Waals surface area contributed by atoms with Crippen molar-refractivity contribution in [1.82, 2.24) is 5.48 Å². The van der Waals surface area contributed by atoms with E-state index in [9.17, 15) is 9.59 Å². The smallest absolute Gasteiger partial charge is 0.329 e. The maximum Gasteiger partial charge on any atom is 0.329 e. The molecule has 0 unspecified atom stereocenters. The molecule has 0 aliphatic rings. The molecule has 4 heteroatoms. The SMILES string of the molecule is CCCCCCc1ccc(C(=O)NOC(C)=O)cc1. The van der Waals surface area contributed by atoms with Crippen molar-refractivity contribution >= 4 is 11.9 Å². The van der Waals surface area contributed by atoms with Gasteiger partial charge in [-0.25, -0.2) is 0 Å². The molecule has 0 aliphatic heterocycles. The van der Waals surface area contributed by atoms with Crippen LogP contribution in [0.15, 0.2) is 24.3 Å². The highest BCUT2D eigenvalue weighted by Crippen LogP contribution is 2.09. The Bertz CT molecular complexity index is 412. The Kier molecular flexibility index (Phi) is 6.64. The lowest BCUT2D eigenvalue weighted by Gasteiger charge is -2.05. The van der Waals surface area contributed by atoms with Gasteiger partial charge >= 0.3 is 5.97 Å². The Hall–Kier alpha value is -1.84. The van der Waals surface area contributed by atoms with Gasteiger partial charge in [0.05, 0.1) is 0 Å². The first kappa shape index (κ1) is 15.2. The fourth-order valence-corrected chi connectivity index (χ4v) is 1.76. The lowest BCUT2D eigenvalue weighted by atomic mass is 10.0. The van der Waals surface area contributed by atoms with Crippen molar-refractivity contribution in [1.29, 1.82) is 0 Å². The topological polar surface area (TPSA) is 55.4 Å². The molecule has 0 bridgehead atoms. The number of carbonyl (C=O) groups excluding carboxylic acids is 2. The van der Waals surface area contributed by atoms with Crippen molar-refractivity contribution < 1.29 is 14.4 Å². The van der Waals surface area contributed by atoms with E-state index in [2.05, 4.69) is 17.2 Å². The maximum absolute atomic E-state index is 11.6. The standard InChI is InChI=1S/C15H21NO3/c1-3-4-5-6-7-13-8-10-14(11-9-13)15(18)16-19-12(2)17/h8-11H,3-7H2,1-2H3,(H,16,18). The number of amides is 1. The summed E-state index contributed by atoms with van der Waals surface area (Å²) in [5, 5.41) is 0. The van der Waals surface area contributed by atoms with Crippen molar-refractivity contribution in [3.8, 4) is 0 Å². The van der Waals surface area contributed by atoms with Crippen LogP contribution in [0, 0.1) is 0 Å². The number of carbonyl (C=O) groups is 2. The van der Waals surface area contributed by atoms with E-state index in [1.165, 1.54) is 38.2 Å². The monoisotopic (exact) mass is 263 g/mol. The summed E-state index contributed by atoms with van der Waals surface area (Å²) in [6, 6.07) is 7.37. The number of hydrogen-bond donors (Lipinski definition) is 1. The van der Waals surface area contributed by atoms with E-state index in [1.807, 2.05) is 12.1 Å². The third-order valence-corrected chi connectivity index (χ3v) is 2.82. The first-order valence-electron chi connectivity index (χ1n) is 6.70. The van der Waals surface area contributed by atoms with E-state index in [1.54, 1.807) is 12.1 Å². The van der Waals surface area contributed by atoms with Gasteiger partial charge in [0.15, 0.2) is 0 Å². The molecule has 1 aromatic rings. The molecule has 1 rings (SSSR count). The third kappa shape index (κ3) is 6.04. The number of rotatable bonds is 6. The molecular formula is C15H21NO3. The number of hydrogen-bond acceptors (Lipinski definition) is 3. The third-order valence-electron chi connectivity index (χ3n) is 2.82. The Balaban J connectivity index is 2.42. The summed E-state index contributed by atoms with van der Waals surface area (Å²) in [5.74, 6) is -0.950. The van der Waals surface area contributed by atoms with Gasteiger partial charge in [0.2, 0.25) is 0 Å². The molecule has 0 saturated heterocycles. The molecule has 0 heterocycles. The minimum Gasteiger partial charge on any atom is -0.341 e. The van der Waals surface area contributed by atoms with Crippen LogP contribution < -0.4 is 5.48 Å². The van der Waals surface area contributed by atoms with E-state index >= 15 is 0 Å². The molecule has 0 spiro atoms. The highest BCUT2D eigenvalue weighted by molar-refractivity contribution is 5.94. The zero-order valence-electron chi connectivity index (χ0n) is 11.6. The number of nitrogens with one attached hydrogen (secondary N) is 1. The molecule has 1 amide bonds. The van der Waals surface area contributed by atoms with Crippen LogP contribution in [0.2, 0.25) is 0 Å². The van der Waals surface area contributed by atoms with Crippen LogP contribution in [0.1, 0.15) is 55.5 Å². The van der Waals surface area contributed by atoms with Crippen LogP contribution in [-0.2, 0) is 16.1 Å². The predicted octanol–water partition coefficient (Wildman–Crippen LogP) is 3.02. The van der Waals surface area contributed by atoms with E-state index in [0.717, 1.165) is 6.42 Å². The fourth-order valence-electron chi connectivity index (χ4n) is 1.76. The summed E-state index contributed by atoms with van der Waals surface area (Å²) in [5.41, 5.74) is 3.80. The summed E-state index contributed by atoms with van der Waals surface area (Å²) in [4.78, 5) is 26.6. The quantitative estimate of drug-likeness (QED) is 0.634. The van der Waals surface area contributed by atoms with E-state index in [-0.39, 0.29) is 0 Å². The average Bonchev–Trinajstić information content (AvgIpc) is 2.41. The first-order valence-corrected chi connectivity index (χ1v) is 6.70. The average molecular weight is 263 g/mol. The van der Waals surface area contributed by atoms with Gasteiger partial charge in [-0.05, 0) is 30.5 Å². The molecule has 1 N–H and O–H groups in total. The molecule has 104 valence electrons. The summed E-state index contributed by atoms with van der Waals surface area (Å²) in [6.07, 6.45) is 5.95. The predicted molar refractivity (Wildman–Crippen MR) is 73.5 cm³/mol. The van der Waals surface area contributed by atoms with Gasteiger partial charge in [-0.3, -0.25) is 9.59 Å². The zero-order valence-corrected chi connectivity index (χ0v) is 11.6. The van der Waals surface area contributed by atoms with E-state index in [0.29, 0.717) is 5.56 Å². The Morgan fingerprint density at radius 3 is 2.37 bits per heavy atom. The molecule has 0 aromatic heterocycles. The lowest BCUT2D eigenvalue weighted by molar-refractivity contribution is -0.146. The number of unbranched alkanes of at least 4 members (excludes halogenated alkanes) is 3. The maximum atomic E-state index is 11.6. The van der Waals surface area contributed by atoms with Crippen LogP contribution >= 0.6 is 0 Å². The summed E-state index contributed by atoms with van der Waals surface area (Å²) >= 11 is 0. The van der Waals surface area contributed by atoms with Crippen molar-refractivity contribution in [2.75, 3.05) is 0 Å². The minimum atomic E-state index is -0.541. The van der Waals surface area contributed by atoms with Gasteiger partial charge < -0.3 is 4.84 Å².